The van der Waals surface area contributed by atoms with Crippen molar-refractivity contribution in [3.8, 4) is 17.3 Å². The molecule has 176 valence electrons. The van der Waals surface area contributed by atoms with Gasteiger partial charge < -0.3 is 9.42 Å². The molecule has 5 rings (SSSR count). The first-order valence-electron chi connectivity index (χ1n) is 11.6. The smallest absolute Gasteiger partial charge is 0.259 e. The van der Waals surface area contributed by atoms with E-state index in [9.17, 15) is 9.18 Å². The lowest BCUT2D eigenvalue weighted by Gasteiger charge is -2.22. The summed E-state index contributed by atoms with van der Waals surface area (Å²) in [4.78, 5) is 22.4. The molecule has 8 heteroatoms. The Balaban J connectivity index is 1.38. The molecule has 0 spiro atoms. The van der Waals surface area contributed by atoms with Crippen molar-refractivity contribution in [2.24, 2.45) is 0 Å². The Labute approximate surface area is 202 Å². The van der Waals surface area contributed by atoms with Gasteiger partial charge in [-0.05, 0) is 61.4 Å². The molecule has 35 heavy (non-hydrogen) atoms. The summed E-state index contributed by atoms with van der Waals surface area (Å²) in [5.41, 5.74) is 4.42. The molecule has 2 aromatic carbocycles. The molecule has 1 amide bonds. The fraction of sp³-hybridized carbons (Fsp3) is 0.259. The first-order valence-corrected chi connectivity index (χ1v) is 11.6. The summed E-state index contributed by atoms with van der Waals surface area (Å²) in [6.45, 7) is 5.42. The van der Waals surface area contributed by atoms with Gasteiger partial charge in [0.05, 0.1) is 34.0 Å². The molecule has 0 bridgehead atoms. The molecule has 0 atom stereocenters. The van der Waals surface area contributed by atoms with Crippen molar-refractivity contribution in [3.05, 3.63) is 82.8 Å². The number of amides is 1. The van der Waals surface area contributed by atoms with Crippen LogP contribution in [0.4, 0.5) is 4.39 Å². The number of hydrogen-bond donors (Lipinski definition) is 0. The monoisotopic (exact) mass is 469 g/mol. The van der Waals surface area contributed by atoms with E-state index in [1.54, 1.807) is 25.1 Å². The van der Waals surface area contributed by atoms with Crippen molar-refractivity contribution in [1.29, 1.82) is 5.26 Å². The molecule has 4 aromatic rings. The summed E-state index contributed by atoms with van der Waals surface area (Å²) in [7, 11) is 0. The second-order valence-electron chi connectivity index (χ2n) is 8.74. The van der Waals surface area contributed by atoms with Gasteiger partial charge in [0.15, 0.2) is 0 Å². The topological polar surface area (TPSA) is 86.3 Å². The maximum atomic E-state index is 13.7. The van der Waals surface area contributed by atoms with E-state index in [-0.39, 0.29) is 11.7 Å². The van der Waals surface area contributed by atoms with E-state index >= 15 is 0 Å². The van der Waals surface area contributed by atoms with Gasteiger partial charge in [0.1, 0.15) is 5.82 Å². The molecular weight excluding hydrogens is 445 g/mol. The highest BCUT2D eigenvalue weighted by Crippen LogP contribution is 2.28. The predicted octanol–water partition coefficient (Wildman–Crippen LogP) is 4.56. The average Bonchev–Trinajstić information content (AvgIpc) is 3.10. The minimum absolute atomic E-state index is 0.0905. The Morgan fingerprint density at radius 3 is 2.60 bits per heavy atom. The number of aromatic nitrogens is 2. The van der Waals surface area contributed by atoms with E-state index in [4.69, 9.17) is 9.78 Å². The summed E-state index contributed by atoms with van der Waals surface area (Å²) in [5.74, 6) is -0.427. The van der Waals surface area contributed by atoms with Crippen molar-refractivity contribution in [2.45, 2.75) is 19.9 Å². The van der Waals surface area contributed by atoms with Gasteiger partial charge in [-0.3, -0.25) is 9.69 Å². The zero-order valence-corrected chi connectivity index (χ0v) is 19.4. The second-order valence-corrected chi connectivity index (χ2v) is 8.74. The van der Waals surface area contributed by atoms with Crippen molar-refractivity contribution >= 4 is 17.0 Å². The van der Waals surface area contributed by atoms with Gasteiger partial charge >= 0.3 is 0 Å². The number of hydrogen-bond acceptors (Lipinski definition) is 6. The second kappa shape index (κ2) is 9.65. The maximum Gasteiger partial charge on any atom is 0.259 e. The molecule has 0 radical (unpaired) electrons. The largest absolute Gasteiger partial charge is 0.337 e. The number of pyridine rings is 1. The lowest BCUT2D eigenvalue weighted by atomic mass is 10.0. The molecule has 7 nitrogen and oxygen atoms in total. The van der Waals surface area contributed by atoms with Gasteiger partial charge in [-0.15, -0.1) is 0 Å². The summed E-state index contributed by atoms with van der Waals surface area (Å²) in [6.07, 6.45) is 0.851. The zero-order chi connectivity index (χ0) is 24.4. The third-order valence-electron chi connectivity index (χ3n) is 6.35. The Morgan fingerprint density at radius 1 is 1.09 bits per heavy atom. The summed E-state index contributed by atoms with van der Waals surface area (Å²) < 4.78 is 18.8. The van der Waals surface area contributed by atoms with E-state index in [0.717, 1.165) is 31.6 Å². The van der Waals surface area contributed by atoms with E-state index in [2.05, 4.69) is 21.1 Å². The highest BCUT2D eigenvalue weighted by Gasteiger charge is 2.25. The van der Waals surface area contributed by atoms with Crippen LogP contribution in [-0.2, 0) is 6.54 Å². The minimum atomic E-state index is -0.336. The number of halogens is 1. The van der Waals surface area contributed by atoms with Crippen molar-refractivity contribution in [2.75, 3.05) is 26.2 Å². The Morgan fingerprint density at radius 2 is 1.86 bits per heavy atom. The van der Waals surface area contributed by atoms with Crippen LogP contribution in [-0.4, -0.2) is 52.0 Å². The number of rotatable bonds is 4. The third kappa shape index (κ3) is 4.77. The van der Waals surface area contributed by atoms with Gasteiger partial charge in [-0.25, -0.2) is 9.37 Å². The number of nitriles is 1. The van der Waals surface area contributed by atoms with Crippen molar-refractivity contribution < 1.29 is 13.7 Å². The number of fused-ring (bicyclic) bond motifs is 1. The van der Waals surface area contributed by atoms with Crippen molar-refractivity contribution in [3.63, 3.8) is 0 Å². The average molecular weight is 470 g/mol. The summed E-state index contributed by atoms with van der Waals surface area (Å²) in [5, 5.41) is 13.6. The molecule has 1 saturated heterocycles. The number of benzene rings is 2. The Hall–Kier alpha value is -4.09. The van der Waals surface area contributed by atoms with E-state index in [0.29, 0.717) is 52.3 Å². The quantitative estimate of drug-likeness (QED) is 0.436. The van der Waals surface area contributed by atoms with E-state index in [1.165, 1.54) is 12.1 Å². The van der Waals surface area contributed by atoms with Crippen LogP contribution in [0.1, 0.15) is 33.6 Å². The number of carbonyl (C=O) groups excluding carboxylic acids is 1. The van der Waals surface area contributed by atoms with Crippen LogP contribution in [0.15, 0.2) is 59.1 Å². The minimum Gasteiger partial charge on any atom is -0.337 e. The fourth-order valence-electron chi connectivity index (χ4n) is 4.48. The molecule has 1 fully saturated rings. The molecule has 0 unspecified atom stereocenters. The lowest BCUT2D eigenvalue weighted by molar-refractivity contribution is 0.0763. The van der Waals surface area contributed by atoms with Crippen LogP contribution in [0.3, 0.4) is 0 Å². The maximum absolute atomic E-state index is 13.7. The predicted molar refractivity (Wildman–Crippen MR) is 129 cm³/mol. The Bertz CT molecular complexity index is 1410. The SMILES string of the molecule is Cc1noc2nc(-c3ccc(F)cc3)cc(C(=O)N3CCCN(Cc4ccc(C#N)cc4)CC3)c12. The molecule has 0 aliphatic carbocycles. The van der Waals surface area contributed by atoms with Gasteiger partial charge in [0.25, 0.3) is 11.6 Å². The van der Waals surface area contributed by atoms with Gasteiger partial charge in [-0.2, -0.15) is 5.26 Å². The first-order chi connectivity index (χ1) is 17.0. The molecule has 0 saturated carbocycles. The molecule has 2 aromatic heterocycles. The molecular formula is C27H24FN5O2. The summed E-state index contributed by atoms with van der Waals surface area (Å²) >= 11 is 0. The van der Waals surface area contributed by atoms with Gasteiger partial charge in [-0.1, -0.05) is 17.3 Å². The van der Waals surface area contributed by atoms with Gasteiger partial charge in [0, 0.05) is 38.3 Å². The summed E-state index contributed by atoms with van der Waals surface area (Å²) in [6, 6.07) is 17.5. The van der Waals surface area contributed by atoms with Crippen molar-refractivity contribution in [1.82, 2.24) is 19.9 Å². The lowest BCUT2D eigenvalue weighted by Crippen LogP contribution is -2.35. The van der Waals surface area contributed by atoms with E-state index in [1.807, 2.05) is 29.2 Å². The third-order valence-corrected chi connectivity index (χ3v) is 6.35. The van der Waals surface area contributed by atoms with E-state index < -0.39 is 0 Å². The number of carbonyl (C=O) groups is 1. The number of aryl methyl sites for hydroxylation is 1. The van der Waals surface area contributed by atoms with Crippen LogP contribution < -0.4 is 0 Å². The molecule has 1 aliphatic heterocycles. The molecule has 3 heterocycles. The zero-order valence-electron chi connectivity index (χ0n) is 19.4. The molecule has 0 N–H and O–H groups in total. The van der Waals surface area contributed by atoms with Crippen LogP contribution >= 0.6 is 0 Å². The van der Waals surface area contributed by atoms with Crippen LogP contribution in [0.2, 0.25) is 0 Å². The van der Waals surface area contributed by atoms with Crippen LogP contribution in [0, 0.1) is 24.1 Å². The first kappa shape index (κ1) is 22.7. The normalized spacial score (nSPS) is 14.6. The Kier molecular flexibility index (Phi) is 6.25. The number of nitrogens with zero attached hydrogens (tertiary/aromatic N) is 5. The highest BCUT2D eigenvalue weighted by atomic mass is 19.1. The molecule has 1 aliphatic rings. The fourth-order valence-corrected chi connectivity index (χ4v) is 4.48. The van der Waals surface area contributed by atoms with Crippen LogP contribution in [0.25, 0.3) is 22.4 Å². The van der Waals surface area contributed by atoms with Crippen LogP contribution in [0.5, 0.6) is 0 Å². The highest BCUT2D eigenvalue weighted by molar-refractivity contribution is 6.07. The van der Waals surface area contributed by atoms with Gasteiger partial charge in [0.2, 0.25) is 0 Å². The standard InChI is InChI=1S/C27H24FN5O2/c1-18-25-23(15-24(30-26(25)35-31-18)21-7-9-22(28)10-8-21)27(34)33-12-2-11-32(13-14-33)17-20-5-3-19(16-29)4-6-20/h3-10,15H,2,11-14,17H2,1H3.